The molecular weight excluding hydrogens is 300 g/mol. The Kier molecular flexibility index (Phi) is 2.55. The minimum Gasteiger partial charge on any atom is -0.356 e. The fraction of sp³-hybridized carbons (Fsp3) is 0.250. The molecule has 0 aliphatic heterocycles. The first-order valence-electron chi connectivity index (χ1n) is 6.75. The second-order valence-electron chi connectivity index (χ2n) is 5.25. The van der Waals surface area contributed by atoms with Crippen LogP contribution in [0.25, 0.3) is 10.9 Å². The van der Waals surface area contributed by atoms with E-state index >= 15 is 0 Å². The molecule has 1 aliphatic rings. The number of aryl methyl sites for hydroxylation is 1. The summed E-state index contributed by atoms with van der Waals surface area (Å²) in [6, 6.07) is 11.2. The molecule has 96 valence electrons. The lowest BCUT2D eigenvalue weighted by atomic mass is 9.91. The lowest BCUT2D eigenvalue weighted by Crippen LogP contribution is -2.15. The van der Waals surface area contributed by atoms with Crippen LogP contribution in [-0.4, -0.2) is 9.55 Å². The number of rotatable bonds is 1. The van der Waals surface area contributed by atoms with E-state index in [-0.39, 0.29) is 0 Å². The van der Waals surface area contributed by atoms with Gasteiger partial charge < -0.3 is 9.55 Å². The molecule has 0 saturated heterocycles. The molecule has 1 aromatic carbocycles. The lowest BCUT2D eigenvalue weighted by molar-refractivity contribution is 0.484. The van der Waals surface area contributed by atoms with Gasteiger partial charge in [0.1, 0.15) is 0 Å². The number of hydrogen-bond acceptors (Lipinski definition) is 0. The van der Waals surface area contributed by atoms with Gasteiger partial charge in [-0.05, 0) is 49.1 Å². The highest BCUT2D eigenvalue weighted by atomic mass is 79.9. The topological polar surface area (TPSA) is 20.7 Å². The number of nitrogens with zero attached hydrogens (tertiary/aromatic N) is 1. The maximum Gasteiger partial charge on any atom is 0.0732 e. The van der Waals surface area contributed by atoms with Crippen LogP contribution >= 0.6 is 15.9 Å². The van der Waals surface area contributed by atoms with Crippen LogP contribution in [0.3, 0.4) is 0 Å². The van der Waals surface area contributed by atoms with Crippen molar-refractivity contribution in [3.63, 3.8) is 0 Å². The highest BCUT2D eigenvalue weighted by Crippen LogP contribution is 2.37. The Labute approximate surface area is 120 Å². The van der Waals surface area contributed by atoms with E-state index in [4.69, 9.17) is 0 Å². The van der Waals surface area contributed by atoms with E-state index < -0.39 is 0 Å². The SMILES string of the molecule is Brc1ccc2c3c([nH]c2c1)C(n1cccc1)CCC3. The first-order valence-corrected chi connectivity index (χ1v) is 7.55. The predicted molar refractivity (Wildman–Crippen MR) is 81.5 cm³/mol. The van der Waals surface area contributed by atoms with E-state index in [1.54, 1.807) is 0 Å². The van der Waals surface area contributed by atoms with Gasteiger partial charge in [0, 0.05) is 33.5 Å². The van der Waals surface area contributed by atoms with Gasteiger partial charge in [-0.2, -0.15) is 0 Å². The molecule has 3 aromatic rings. The number of fused-ring (bicyclic) bond motifs is 3. The summed E-state index contributed by atoms with van der Waals surface area (Å²) in [6.45, 7) is 0. The molecule has 19 heavy (non-hydrogen) atoms. The highest BCUT2D eigenvalue weighted by molar-refractivity contribution is 9.10. The van der Waals surface area contributed by atoms with Gasteiger partial charge in [0.2, 0.25) is 0 Å². The number of halogens is 1. The van der Waals surface area contributed by atoms with Crippen molar-refractivity contribution in [3.8, 4) is 0 Å². The third-order valence-electron chi connectivity index (χ3n) is 4.13. The fourth-order valence-electron chi connectivity index (χ4n) is 3.27. The molecule has 0 fully saturated rings. The molecule has 0 amide bonds. The van der Waals surface area contributed by atoms with Crippen LogP contribution in [0.1, 0.15) is 30.1 Å². The Morgan fingerprint density at radius 3 is 2.89 bits per heavy atom. The first-order chi connectivity index (χ1) is 9.33. The van der Waals surface area contributed by atoms with Gasteiger partial charge in [-0.25, -0.2) is 0 Å². The molecular formula is C16H15BrN2. The van der Waals surface area contributed by atoms with Crippen molar-refractivity contribution < 1.29 is 0 Å². The van der Waals surface area contributed by atoms with Crippen LogP contribution in [0.5, 0.6) is 0 Å². The van der Waals surface area contributed by atoms with Gasteiger partial charge in [0.25, 0.3) is 0 Å². The van der Waals surface area contributed by atoms with Crippen molar-refractivity contribution in [2.45, 2.75) is 25.3 Å². The Morgan fingerprint density at radius 2 is 2.05 bits per heavy atom. The summed E-state index contributed by atoms with van der Waals surface area (Å²) in [6.07, 6.45) is 8.01. The Morgan fingerprint density at radius 1 is 1.21 bits per heavy atom. The van der Waals surface area contributed by atoms with E-state index in [1.807, 2.05) is 0 Å². The number of nitrogens with one attached hydrogen (secondary N) is 1. The zero-order chi connectivity index (χ0) is 12.8. The van der Waals surface area contributed by atoms with Crippen LogP contribution < -0.4 is 0 Å². The number of H-pyrrole nitrogens is 1. The van der Waals surface area contributed by atoms with Crippen molar-refractivity contribution in [3.05, 3.63) is 58.5 Å². The van der Waals surface area contributed by atoms with Gasteiger partial charge in [-0.3, -0.25) is 0 Å². The van der Waals surface area contributed by atoms with E-state index in [9.17, 15) is 0 Å². The number of aromatic nitrogens is 2. The molecule has 3 heteroatoms. The average Bonchev–Trinajstić information content (AvgIpc) is 3.04. The fourth-order valence-corrected chi connectivity index (χ4v) is 3.63. The molecule has 0 bridgehead atoms. The molecule has 2 heterocycles. The van der Waals surface area contributed by atoms with Crippen molar-refractivity contribution >= 4 is 26.8 Å². The van der Waals surface area contributed by atoms with E-state index in [0.29, 0.717) is 6.04 Å². The average molecular weight is 315 g/mol. The van der Waals surface area contributed by atoms with Gasteiger partial charge in [0.05, 0.1) is 6.04 Å². The zero-order valence-corrected chi connectivity index (χ0v) is 12.2. The molecule has 2 nitrogen and oxygen atoms in total. The summed E-state index contributed by atoms with van der Waals surface area (Å²) < 4.78 is 3.46. The lowest BCUT2D eigenvalue weighted by Gasteiger charge is -2.24. The molecule has 1 aliphatic carbocycles. The molecule has 0 spiro atoms. The summed E-state index contributed by atoms with van der Waals surface area (Å²) >= 11 is 3.55. The van der Waals surface area contributed by atoms with Crippen molar-refractivity contribution in [2.24, 2.45) is 0 Å². The number of aromatic amines is 1. The van der Waals surface area contributed by atoms with E-state index in [0.717, 1.165) is 4.47 Å². The number of benzene rings is 1. The third-order valence-corrected chi connectivity index (χ3v) is 4.62. The van der Waals surface area contributed by atoms with Crippen LogP contribution in [0.2, 0.25) is 0 Å². The Bertz CT molecular complexity index is 725. The molecule has 0 radical (unpaired) electrons. The monoisotopic (exact) mass is 314 g/mol. The van der Waals surface area contributed by atoms with E-state index in [2.05, 4.69) is 68.2 Å². The largest absolute Gasteiger partial charge is 0.356 e. The quantitative estimate of drug-likeness (QED) is 0.674. The smallest absolute Gasteiger partial charge is 0.0732 e. The second kappa shape index (κ2) is 4.27. The maximum absolute atomic E-state index is 3.64. The molecule has 1 N–H and O–H groups in total. The standard InChI is InChI=1S/C16H15BrN2/c17-11-6-7-12-13-4-3-5-15(19-8-1-2-9-19)16(13)18-14(12)10-11/h1-2,6-10,15,18H,3-5H2. The van der Waals surface area contributed by atoms with Gasteiger partial charge >= 0.3 is 0 Å². The second-order valence-corrected chi connectivity index (χ2v) is 6.16. The first kappa shape index (κ1) is 11.4. The van der Waals surface area contributed by atoms with Crippen LogP contribution in [0, 0.1) is 0 Å². The summed E-state index contributed by atoms with van der Waals surface area (Å²) in [7, 11) is 0. The molecule has 2 aromatic heterocycles. The summed E-state index contributed by atoms with van der Waals surface area (Å²) in [5, 5.41) is 1.38. The summed E-state index contributed by atoms with van der Waals surface area (Å²) in [5.41, 5.74) is 4.15. The Balaban J connectivity index is 1.93. The zero-order valence-electron chi connectivity index (χ0n) is 10.6. The van der Waals surface area contributed by atoms with Gasteiger partial charge in [0.15, 0.2) is 0 Å². The normalized spacial score (nSPS) is 18.7. The van der Waals surface area contributed by atoms with Crippen molar-refractivity contribution in [1.29, 1.82) is 0 Å². The molecule has 1 unspecified atom stereocenters. The van der Waals surface area contributed by atoms with Gasteiger partial charge in [-0.15, -0.1) is 0 Å². The molecule has 4 rings (SSSR count). The number of hydrogen-bond donors (Lipinski definition) is 1. The van der Waals surface area contributed by atoms with Crippen molar-refractivity contribution in [1.82, 2.24) is 9.55 Å². The van der Waals surface area contributed by atoms with Crippen LogP contribution in [-0.2, 0) is 6.42 Å². The van der Waals surface area contributed by atoms with Crippen LogP contribution in [0.4, 0.5) is 0 Å². The minimum absolute atomic E-state index is 0.463. The maximum atomic E-state index is 3.64. The highest BCUT2D eigenvalue weighted by Gasteiger charge is 2.24. The summed E-state index contributed by atoms with van der Waals surface area (Å²) in [4.78, 5) is 3.64. The Hall–Kier alpha value is -1.48. The summed E-state index contributed by atoms with van der Waals surface area (Å²) in [5.74, 6) is 0. The molecule has 0 saturated carbocycles. The third kappa shape index (κ3) is 1.76. The van der Waals surface area contributed by atoms with E-state index in [1.165, 1.54) is 41.4 Å². The van der Waals surface area contributed by atoms with Crippen LogP contribution in [0.15, 0.2) is 47.2 Å². The minimum atomic E-state index is 0.463. The van der Waals surface area contributed by atoms with Gasteiger partial charge in [-0.1, -0.05) is 22.0 Å². The predicted octanol–water partition coefficient (Wildman–Crippen LogP) is 4.66. The molecule has 1 atom stereocenters. The van der Waals surface area contributed by atoms with Crippen molar-refractivity contribution in [2.75, 3.05) is 0 Å².